The van der Waals surface area contributed by atoms with Crippen molar-refractivity contribution in [1.82, 2.24) is 9.88 Å². The van der Waals surface area contributed by atoms with Crippen LogP contribution in [-0.2, 0) is 6.54 Å². The van der Waals surface area contributed by atoms with Gasteiger partial charge in [-0.05, 0) is 56.1 Å². The van der Waals surface area contributed by atoms with Gasteiger partial charge in [0.1, 0.15) is 5.75 Å². The van der Waals surface area contributed by atoms with Gasteiger partial charge in [0.25, 0.3) is 5.19 Å². The number of benzene rings is 2. The molecular weight excluding hydrogens is 316 g/mol. The van der Waals surface area contributed by atoms with Gasteiger partial charge in [-0.3, -0.25) is 4.90 Å². The Morgan fingerprint density at radius 1 is 1.12 bits per heavy atom. The Hall–Kier alpha value is -1.91. The maximum absolute atomic E-state index is 5.92. The molecule has 2 heterocycles. The van der Waals surface area contributed by atoms with Crippen molar-refractivity contribution in [3.05, 3.63) is 54.1 Å². The largest absolute Gasteiger partial charge is 0.431 e. The van der Waals surface area contributed by atoms with E-state index >= 15 is 0 Å². The van der Waals surface area contributed by atoms with E-state index in [0.29, 0.717) is 11.2 Å². The summed E-state index contributed by atoms with van der Waals surface area (Å²) in [4.78, 5) is 7.10. The van der Waals surface area contributed by atoms with E-state index in [2.05, 4.69) is 47.1 Å². The quantitative estimate of drug-likeness (QED) is 0.631. The van der Waals surface area contributed by atoms with Crippen LogP contribution in [0.5, 0.6) is 10.9 Å². The Balaban J connectivity index is 1.43. The number of piperidine rings is 1. The third kappa shape index (κ3) is 3.45. The summed E-state index contributed by atoms with van der Waals surface area (Å²) < 4.78 is 7.08. The van der Waals surface area contributed by atoms with Crippen molar-refractivity contribution >= 4 is 21.6 Å². The van der Waals surface area contributed by atoms with E-state index in [0.717, 1.165) is 22.5 Å². The highest BCUT2D eigenvalue weighted by Crippen LogP contribution is 2.31. The Morgan fingerprint density at radius 2 is 1.96 bits per heavy atom. The lowest BCUT2D eigenvalue weighted by Crippen LogP contribution is -2.36. The summed E-state index contributed by atoms with van der Waals surface area (Å²) in [6, 6.07) is 17.3. The fourth-order valence-electron chi connectivity index (χ4n) is 3.29. The van der Waals surface area contributed by atoms with Crippen LogP contribution in [0.2, 0.25) is 0 Å². The standard InChI is InChI=1S/C20H22N2OS/c1-15-6-4-5-13-22(15)14-16-9-11-17(12-10-16)23-20-21-18-7-2-3-8-19(18)24-20/h2-3,7-12,15H,4-6,13-14H2,1H3. The van der Waals surface area contributed by atoms with E-state index < -0.39 is 0 Å². The topological polar surface area (TPSA) is 25.4 Å². The summed E-state index contributed by atoms with van der Waals surface area (Å²) in [5.74, 6) is 0.851. The molecule has 0 N–H and O–H groups in total. The molecule has 1 aliphatic heterocycles. The summed E-state index contributed by atoms with van der Waals surface area (Å²) in [5.41, 5.74) is 2.34. The van der Waals surface area contributed by atoms with Crippen LogP contribution >= 0.6 is 11.3 Å². The number of hydrogen-bond acceptors (Lipinski definition) is 4. The number of rotatable bonds is 4. The molecule has 1 aromatic heterocycles. The van der Waals surface area contributed by atoms with Gasteiger partial charge in [0.2, 0.25) is 0 Å². The molecule has 4 rings (SSSR count). The number of aromatic nitrogens is 1. The number of para-hydroxylation sites is 1. The molecule has 0 radical (unpaired) electrons. The second-order valence-corrected chi connectivity index (χ2v) is 7.50. The van der Waals surface area contributed by atoms with E-state index in [1.54, 1.807) is 11.3 Å². The molecule has 3 aromatic rings. The highest BCUT2D eigenvalue weighted by atomic mass is 32.1. The Kier molecular flexibility index (Phi) is 4.50. The van der Waals surface area contributed by atoms with Gasteiger partial charge in [-0.15, -0.1) is 0 Å². The van der Waals surface area contributed by atoms with Crippen molar-refractivity contribution in [1.29, 1.82) is 0 Å². The van der Waals surface area contributed by atoms with Crippen molar-refractivity contribution in [3.63, 3.8) is 0 Å². The smallest absolute Gasteiger partial charge is 0.279 e. The minimum Gasteiger partial charge on any atom is -0.431 e. The molecule has 0 amide bonds. The monoisotopic (exact) mass is 338 g/mol. The van der Waals surface area contributed by atoms with Crippen LogP contribution in [0, 0.1) is 0 Å². The van der Waals surface area contributed by atoms with Crippen LogP contribution in [0.3, 0.4) is 0 Å². The molecule has 0 saturated carbocycles. The maximum atomic E-state index is 5.92. The van der Waals surface area contributed by atoms with Gasteiger partial charge in [0, 0.05) is 12.6 Å². The molecule has 124 valence electrons. The van der Waals surface area contributed by atoms with Gasteiger partial charge in [-0.25, -0.2) is 4.98 Å². The number of ether oxygens (including phenoxy) is 1. The van der Waals surface area contributed by atoms with Gasteiger partial charge in [-0.2, -0.15) is 0 Å². The normalized spacial score (nSPS) is 18.8. The van der Waals surface area contributed by atoms with Gasteiger partial charge in [0.05, 0.1) is 10.2 Å². The molecule has 0 aliphatic carbocycles. The molecule has 0 spiro atoms. The fraction of sp³-hybridized carbons (Fsp3) is 0.350. The molecule has 24 heavy (non-hydrogen) atoms. The molecular formula is C20H22N2OS. The Labute approximate surface area is 146 Å². The van der Waals surface area contributed by atoms with Crippen LogP contribution in [0.25, 0.3) is 10.2 Å². The van der Waals surface area contributed by atoms with Gasteiger partial charge < -0.3 is 4.74 Å². The van der Waals surface area contributed by atoms with E-state index in [4.69, 9.17) is 4.74 Å². The van der Waals surface area contributed by atoms with Crippen molar-refractivity contribution in [2.24, 2.45) is 0 Å². The zero-order valence-corrected chi connectivity index (χ0v) is 14.8. The summed E-state index contributed by atoms with van der Waals surface area (Å²) >= 11 is 1.58. The first-order chi connectivity index (χ1) is 11.8. The van der Waals surface area contributed by atoms with Crippen molar-refractivity contribution in [2.45, 2.75) is 38.8 Å². The second-order valence-electron chi connectivity index (χ2n) is 6.51. The first-order valence-corrected chi connectivity index (χ1v) is 9.46. The highest BCUT2D eigenvalue weighted by Gasteiger charge is 2.18. The van der Waals surface area contributed by atoms with Crippen molar-refractivity contribution < 1.29 is 4.74 Å². The summed E-state index contributed by atoms with van der Waals surface area (Å²) in [6.45, 7) is 4.58. The fourth-order valence-corrected chi connectivity index (χ4v) is 4.12. The van der Waals surface area contributed by atoms with Gasteiger partial charge in [0.15, 0.2) is 0 Å². The Morgan fingerprint density at radius 3 is 2.75 bits per heavy atom. The second kappa shape index (κ2) is 6.91. The van der Waals surface area contributed by atoms with E-state index in [1.165, 1.54) is 31.4 Å². The zero-order chi connectivity index (χ0) is 16.4. The van der Waals surface area contributed by atoms with Crippen LogP contribution in [0.15, 0.2) is 48.5 Å². The number of likely N-dealkylation sites (tertiary alicyclic amines) is 1. The van der Waals surface area contributed by atoms with Crippen LogP contribution in [-0.4, -0.2) is 22.5 Å². The Bertz CT molecular complexity index is 779. The average Bonchev–Trinajstić information content (AvgIpc) is 3.01. The van der Waals surface area contributed by atoms with Crippen LogP contribution in [0.1, 0.15) is 31.7 Å². The molecule has 1 fully saturated rings. The first kappa shape index (κ1) is 15.6. The summed E-state index contributed by atoms with van der Waals surface area (Å²) in [5, 5.41) is 0.702. The number of thiazole rings is 1. The van der Waals surface area contributed by atoms with Crippen molar-refractivity contribution in [3.8, 4) is 10.9 Å². The lowest BCUT2D eigenvalue weighted by Gasteiger charge is -2.33. The first-order valence-electron chi connectivity index (χ1n) is 8.64. The molecule has 3 nitrogen and oxygen atoms in total. The maximum Gasteiger partial charge on any atom is 0.279 e. The lowest BCUT2D eigenvalue weighted by atomic mass is 10.0. The molecule has 2 aromatic carbocycles. The minimum absolute atomic E-state index is 0.692. The zero-order valence-electron chi connectivity index (χ0n) is 13.9. The summed E-state index contributed by atoms with van der Waals surface area (Å²) in [7, 11) is 0. The molecule has 1 aliphatic rings. The van der Waals surface area contributed by atoms with Crippen molar-refractivity contribution in [2.75, 3.05) is 6.54 Å². The van der Waals surface area contributed by atoms with E-state index in [1.807, 2.05) is 18.2 Å². The van der Waals surface area contributed by atoms with Gasteiger partial charge >= 0.3 is 0 Å². The van der Waals surface area contributed by atoms with Gasteiger partial charge in [-0.1, -0.05) is 42.0 Å². The molecule has 1 atom stereocenters. The summed E-state index contributed by atoms with van der Waals surface area (Å²) in [6.07, 6.45) is 4.01. The van der Waals surface area contributed by atoms with E-state index in [-0.39, 0.29) is 0 Å². The SMILES string of the molecule is CC1CCCCN1Cc1ccc(Oc2nc3ccccc3s2)cc1. The average molecular weight is 338 g/mol. The number of hydrogen-bond donors (Lipinski definition) is 0. The number of fused-ring (bicyclic) bond motifs is 1. The molecule has 4 heteroatoms. The molecule has 0 bridgehead atoms. The van der Waals surface area contributed by atoms with Crippen LogP contribution in [0.4, 0.5) is 0 Å². The van der Waals surface area contributed by atoms with E-state index in [9.17, 15) is 0 Å². The van der Waals surface area contributed by atoms with Crippen LogP contribution < -0.4 is 4.74 Å². The molecule has 1 saturated heterocycles. The predicted octanol–water partition coefficient (Wildman–Crippen LogP) is 5.46. The predicted molar refractivity (Wildman–Crippen MR) is 99.9 cm³/mol. The lowest BCUT2D eigenvalue weighted by molar-refractivity contribution is 0.152. The third-order valence-corrected chi connectivity index (χ3v) is 5.64. The minimum atomic E-state index is 0.692. The number of nitrogens with zero attached hydrogens (tertiary/aromatic N) is 2. The molecule has 1 unspecified atom stereocenters. The highest BCUT2D eigenvalue weighted by molar-refractivity contribution is 7.20. The third-order valence-electron chi connectivity index (χ3n) is 4.73.